The molecule has 10 N–H and O–H groups in total. The summed E-state index contributed by atoms with van der Waals surface area (Å²) >= 11 is 0. The van der Waals surface area contributed by atoms with Crippen LogP contribution < -0.4 is 33.2 Å². The lowest BCUT2D eigenvalue weighted by atomic mass is 9.89. The van der Waals surface area contributed by atoms with Gasteiger partial charge < -0.3 is 38.1 Å². The molecule has 1 aromatic heterocycles. The van der Waals surface area contributed by atoms with Gasteiger partial charge in [-0.2, -0.15) is 0 Å². The SMILES string of the molecule is CC(C)(N)C(=O)N[C@@H](Cc1cnc[nH]1)C(=O)C[C@H](Cc1ccc2ccccc2c1)C(=O)N[C@H](Cc1ccccc1)C(=O)N[C@@H](CCCCN)C(N)=O. The molecule has 0 aliphatic heterocycles. The molecule has 52 heavy (non-hydrogen) atoms. The number of amides is 4. The molecular formula is C39H50N8O5. The molecule has 0 bridgehead atoms. The summed E-state index contributed by atoms with van der Waals surface area (Å²) in [5.74, 6) is -3.69. The van der Waals surface area contributed by atoms with Crippen LogP contribution in [-0.4, -0.2) is 69.6 Å². The second-order valence-electron chi connectivity index (χ2n) is 13.8. The topological polar surface area (TPSA) is 228 Å². The van der Waals surface area contributed by atoms with Crippen molar-refractivity contribution in [1.29, 1.82) is 0 Å². The van der Waals surface area contributed by atoms with Gasteiger partial charge in [0.15, 0.2) is 5.78 Å². The molecule has 1 heterocycles. The number of ketones is 1. The van der Waals surface area contributed by atoms with Crippen molar-refractivity contribution in [3.05, 3.63) is 102 Å². The Morgan fingerprint density at radius 2 is 1.46 bits per heavy atom. The van der Waals surface area contributed by atoms with E-state index in [9.17, 15) is 24.0 Å². The first-order valence-electron chi connectivity index (χ1n) is 17.6. The quantitative estimate of drug-likeness (QED) is 0.0670. The Labute approximate surface area is 303 Å². The highest BCUT2D eigenvalue weighted by Crippen LogP contribution is 2.21. The second kappa shape index (κ2) is 18.7. The summed E-state index contributed by atoms with van der Waals surface area (Å²) in [4.78, 5) is 74.5. The molecule has 4 rings (SSSR count). The first-order chi connectivity index (χ1) is 24.8. The number of aromatic amines is 1. The van der Waals surface area contributed by atoms with Crippen molar-refractivity contribution < 1.29 is 24.0 Å². The molecule has 0 fully saturated rings. The maximum absolute atomic E-state index is 14.3. The van der Waals surface area contributed by atoms with E-state index in [1.807, 2.05) is 72.8 Å². The average molecular weight is 711 g/mol. The van der Waals surface area contributed by atoms with E-state index in [0.717, 1.165) is 21.9 Å². The van der Waals surface area contributed by atoms with E-state index in [0.29, 0.717) is 31.5 Å². The Kier molecular flexibility index (Phi) is 14.2. The molecule has 276 valence electrons. The number of nitrogens with one attached hydrogen (secondary N) is 4. The van der Waals surface area contributed by atoms with Crippen molar-refractivity contribution in [2.75, 3.05) is 6.54 Å². The molecule has 4 amide bonds. The minimum atomic E-state index is -1.26. The van der Waals surface area contributed by atoms with Crippen LogP contribution in [0.1, 0.15) is 56.4 Å². The number of imidazole rings is 1. The Morgan fingerprint density at radius 1 is 0.769 bits per heavy atom. The van der Waals surface area contributed by atoms with Crippen molar-refractivity contribution in [1.82, 2.24) is 25.9 Å². The van der Waals surface area contributed by atoms with Gasteiger partial charge in [-0.05, 0) is 68.0 Å². The highest BCUT2D eigenvalue weighted by Gasteiger charge is 2.33. The average Bonchev–Trinajstić information content (AvgIpc) is 3.63. The lowest BCUT2D eigenvalue weighted by molar-refractivity contribution is -0.135. The number of fused-ring (bicyclic) bond motifs is 1. The minimum absolute atomic E-state index is 0.0999. The Bertz CT molecular complexity index is 1810. The molecule has 0 aliphatic rings. The number of carbonyl (C=O) groups is 5. The lowest BCUT2D eigenvalue weighted by Gasteiger charge is -2.26. The monoisotopic (exact) mass is 710 g/mol. The van der Waals surface area contributed by atoms with Gasteiger partial charge in [0.1, 0.15) is 12.1 Å². The summed E-state index contributed by atoms with van der Waals surface area (Å²) in [6, 6.07) is 19.7. The predicted octanol–water partition coefficient (Wildman–Crippen LogP) is 1.97. The van der Waals surface area contributed by atoms with Gasteiger partial charge in [-0.3, -0.25) is 24.0 Å². The fraction of sp³-hybridized carbons (Fsp3) is 0.385. The number of carbonyl (C=O) groups excluding carboxylic acids is 5. The van der Waals surface area contributed by atoms with Gasteiger partial charge in [0.2, 0.25) is 23.6 Å². The van der Waals surface area contributed by atoms with E-state index in [4.69, 9.17) is 17.2 Å². The summed E-state index contributed by atoms with van der Waals surface area (Å²) < 4.78 is 0. The number of aromatic nitrogens is 2. The fourth-order valence-electron chi connectivity index (χ4n) is 5.90. The third kappa shape index (κ3) is 11.8. The van der Waals surface area contributed by atoms with Gasteiger partial charge in [-0.25, -0.2) is 4.98 Å². The van der Waals surface area contributed by atoms with Crippen LogP contribution in [0.3, 0.4) is 0 Å². The van der Waals surface area contributed by atoms with Crippen molar-refractivity contribution in [3.63, 3.8) is 0 Å². The van der Waals surface area contributed by atoms with Gasteiger partial charge in [0.25, 0.3) is 0 Å². The standard InChI is InChI=1S/C39H50N8O5/c1-39(2,42)38(52)47-32(22-30-23-43-24-44-30)34(48)21-29(19-26-15-16-27-12-6-7-13-28(27)18-26)36(50)46-33(20-25-10-4-3-5-11-25)37(51)45-31(35(41)49)14-8-9-17-40/h3-7,10-13,15-16,18,23-24,29,31-33H,8-9,14,17,19-22,40,42H2,1-2H3,(H2,41,49)(H,43,44)(H,45,51)(H,46,50)(H,47,52)/t29-,31-,32-,33+/m0/s1. The van der Waals surface area contributed by atoms with E-state index in [1.165, 1.54) is 20.2 Å². The van der Waals surface area contributed by atoms with Crippen LogP contribution in [0.25, 0.3) is 10.8 Å². The number of nitrogens with two attached hydrogens (primary N) is 3. The summed E-state index contributed by atoms with van der Waals surface area (Å²) in [6.07, 6.45) is 4.68. The molecule has 0 radical (unpaired) electrons. The number of benzene rings is 3. The zero-order chi connectivity index (χ0) is 37.7. The van der Waals surface area contributed by atoms with Crippen LogP contribution in [0, 0.1) is 5.92 Å². The smallest absolute Gasteiger partial charge is 0.243 e. The number of Topliss-reactive ketones (excluding diaryl/α,β-unsaturated/α-hetero) is 1. The molecule has 0 unspecified atom stereocenters. The van der Waals surface area contributed by atoms with Gasteiger partial charge in [0.05, 0.1) is 17.9 Å². The Morgan fingerprint density at radius 3 is 2.12 bits per heavy atom. The normalized spacial score (nSPS) is 13.8. The maximum Gasteiger partial charge on any atom is 0.243 e. The molecule has 13 heteroatoms. The number of nitrogens with zero attached hydrogens (tertiary/aromatic N) is 1. The maximum atomic E-state index is 14.3. The van der Waals surface area contributed by atoms with E-state index in [-0.39, 0.29) is 25.7 Å². The number of unbranched alkanes of at least 4 members (excludes halogenated alkanes) is 1. The van der Waals surface area contributed by atoms with Crippen LogP contribution in [-0.2, 0) is 43.2 Å². The number of hydrogen-bond donors (Lipinski definition) is 7. The molecule has 13 nitrogen and oxygen atoms in total. The molecule has 0 saturated carbocycles. The van der Waals surface area contributed by atoms with E-state index >= 15 is 0 Å². The lowest BCUT2D eigenvalue weighted by Crippen LogP contribution is -2.56. The molecule has 0 saturated heterocycles. The van der Waals surface area contributed by atoms with Crippen molar-refractivity contribution in [3.8, 4) is 0 Å². The fourth-order valence-corrected chi connectivity index (χ4v) is 5.90. The van der Waals surface area contributed by atoms with Gasteiger partial charge in [-0.15, -0.1) is 0 Å². The third-order valence-electron chi connectivity index (χ3n) is 8.89. The molecule has 4 atom stereocenters. The summed E-state index contributed by atoms with van der Waals surface area (Å²) in [5.41, 5.74) is 18.2. The molecule has 3 aromatic carbocycles. The predicted molar refractivity (Wildman–Crippen MR) is 199 cm³/mol. The van der Waals surface area contributed by atoms with Crippen molar-refractivity contribution in [2.24, 2.45) is 23.1 Å². The largest absolute Gasteiger partial charge is 0.368 e. The van der Waals surface area contributed by atoms with Crippen LogP contribution in [0.4, 0.5) is 0 Å². The first-order valence-corrected chi connectivity index (χ1v) is 17.6. The van der Waals surface area contributed by atoms with Crippen LogP contribution >= 0.6 is 0 Å². The number of primary amides is 1. The summed E-state index contributed by atoms with van der Waals surface area (Å²) in [7, 11) is 0. The highest BCUT2D eigenvalue weighted by molar-refractivity contribution is 5.96. The van der Waals surface area contributed by atoms with Crippen LogP contribution in [0.15, 0.2) is 85.3 Å². The molecule has 0 spiro atoms. The van der Waals surface area contributed by atoms with Crippen molar-refractivity contribution >= 4 is 40.2 Å². The van der Waals surface area contributed by atoms with Gasteiger partial charge in [0, 0.05) is 37.1 Å². The first kappa shape index (κ1) is 39.4. The Balaban J connectivity index is 1.65. The van der Waals surface area contributed by atoms with Crippen LogP contribution in [0.2, 0.25) is 0 Å². The zero-order valence-corrected chi connectivity index (χ0v) is 29.8. The minimum Gasteiger partial charge on any atom is -0.368 e. The van der Waals surface area contributed by atoms with Gasteiger partial charge >= 0.3 is 0 Å². The van der Waals surface area contributed by atoms with Crippen molar-refractivity contribution in [2.45, 2.75) is 82.5 Å². The summed E-state index contributed by atoms with van der Waals surface area (Å²) in [5, 5.41) is 10.4. The second-order valence-corrected chi connectivity index (χ2v) is 13.8. The number of rotatable bonds is 20. The van der Waals surface area contributed by atoms with Crippen LogP contribution in [0.5, 0.6) is 0 Å². The zero-order valence-electron chi connectivity index (χ0n) is 29.8. The highest BCUT2D eigenvalue weighted by atomic mass is 16.2. The molecule has 0 aliphatic carbocycles. The molecule has 4 aromatic rings. The summed E-state index contributed by atoms with van der Waals surface area (Å²) in [6.45, 7) is 3.50. The van der Waals surface area contributed by atoms with Gasteiger partial charge in [-0.1, -0.05) is 72.8 Å². The number of hydrogen-bond acceptors (Lipinski definition) is 8. The third-order valence-corrected chi connectivity index (χ3v) is 8.89. The number of H-pyrrole nitrogens is 1. The Hall–Kier alpha value is -5.40. The van der Waals surface area contributed by atoms with E-state index < -0.39 is 59.0 Å². The van der Waals surface area contributed by atoms with E-state index in [1.54, 1.807) is 6.20 Å². The molecular weight excluding hydrogens is 660 g/mol. The van der Waals surface area contributed by atoms with E-state index in [2.05, 4.69) is 25.9 Å².